The number of aryl methyl sites for hydroxylation is 1. The number of carbonyl (C=O) groups is 1. The number of aliphatic carboxylic acids is 1. The Morgan fingerprint density at radius 1 is 1.48 bits per heavy atom. The average Bonchev–Trinajstić information content (AvgIpc) is 3.06. The molecule has 0 spiro atoms. The van der Waals surface area contributed by atoms with Crippen molar-refractivity contribution in [3.8, 4) is 10.8 Å². The van der Waals surface area contributed by atoms with E-state index in [1.54, 1.807) is 11.3 Å². The minimum atomic E-state index is -0.764. The van der Waals surface area contributed by atoms with E-state index in [2.05, 4.69) is 24.0 Å². The SMILES string of the molecule is CC(C)Cc1cnc(-c2onc(CCCC(=O)O)c2C2CC2)s1. The third-order valence-electron chi connectivity index (χ3n) is 3.95. The maximum Gasteiger partial charge on any atom is 0.303 e. The Balaban J connectivity index is 1.80. The number of rotatable bonds is 8. The van der Waals surface area contributed by atoms with Crippen LogP contribution in [0.5, 0.6) is 0 Å². The quantitative estimate of drug-likeness (QED) is 0.779. The van der Waals surface area contributed by atoms with E-state index < -0.39 is 5.97 Å². The Morgan fingerprint density at radius 2 is 2.26 bits per heavy atom. The summed E-state index contributed by atoms with van der Waals surface area (Å²) in [5.74, 6) is 1.15. The van der Waals surface area contributed by atoms with Crippen molar-refractivity contribution in [3.05, 3.63) is 22.3 Å². The van der Waals surface area contributed by atoms with Gasteiger partial charge in [0.05, 0.1) is 5.69 Å². The molecule has 1 aliphatic rings. The highest BCUT2D eigenvalue weighted by molar-refractivity contribution is 7.15. The first-order valence-corrected chi connectivity index (χ1v) is 9.01. The van der Waals surface area contributed by atoms with Gasteiger partial charge in [0.2, 0.25) is 0 Å². The molecule has 0 aromatic carbocycles. The zero-order valence-corrected chi connectivity index (χ0v) is 14.4. The van der Waals surface area contributed by atoms with E-state index >= 15 is 0 Å². The highest BCUT2D eigenvalue weighted by Gasteiger charge is 2.33. The second-order valence-electron chi connectivity index (χ2n) is 6.62. The van der Waals surface area contributed by atoms with Crippen molar-refractivity contribution < 1.29 is 14.4 Å². The molecule has 2 aromatic heterocycles. The molecular formula is C17H22N2O3S. The van der Waals surface area contributed by atoms with Gasteiger partial charge in [-0.3, -0.25) is 4.79 Å². The predicted molar refractivity (Wildman–Crippen MR) is 88.7 cm³/mol. The number of hydrogen-bond donors (Lipinski definition) is 1. The van der Waals surface area contributed by atoms with Gasteiger partial charge >= 0.3 is 5.97 Å². The van der Waals surface area contributed by atoms with Gasteiger partial charge < -0.3 is 9.63 Å². The van der Waals surface area contributed by atoms with E-state index in [1.807, 2.05) is 6.20 Å². The highest BCUT2D eigenvalue weighted by atomic mass is 32.1. The zero-order valence-electron chi connectivity index (χ0n) is 13.5. The van der Waals surface area contributed by atoms with Gasteiger partial charge in [-0.25, -0.2) is 4.98 Å². The van der Waals surface area contributed by atoms with Gasteiger partial charge in [0.15, 0.2) is 10.8 Å². The van der Waals surface area contributed by atoms with Crippen LogP contribution in [-0.4, -0.2) is 21.2 Å². The average molecular weight is 334 g/mol. The molecule has 1 fully saturated rings. The summed E-state index contributed by atoms with van der Waals surface area (Å²) in [5, 5.41) is 13.9. The van der Waals surface area contributed by atoms with Crippen LogP contribution in [0.25, 0.3) is 10.8 Å². The molecule has 0 amide bonds. The number of carboxylic acids is 1. The van der Waals surface area contributed by atoms with Crippen molar-refractivity contribution in [3.63, 3.8) is 0 Å². The third kappa shape index (κ3) is 3.99. The lowest BCUT2D eigenvalue weighted by Gasteiger charge is -2.00. The summed E-state index contributed by atoms with van der Waals surface area (Å²) in [6.45, 7) is 4.40. The molecule has 124 valence electrons. The van der Waals surface area contributed by atoms with E-state index in [4.69, 9.17) is 9.63 Å². The zero-order chi connectivity index (χ0) is 16.4. The van der Waals surface area contributed by atoms with E-state index in [1.165, 1.54) is 10.4 Å². The highest BCUT2D eigenvalue weighted by Crippen LogP contribution is 2.47. The van der Waals surface area contributed by atoms with Crippen molar-refractivity contribution in [1.82, 2.24) is 10.1 Å². The number of aromatic nitrogens is 2. The van der Waals surface area contributed by atoms with E-state index in [-0.39, 0.29) is 6.42 Å². The van der Waals surface area contributed by atoms with Crippen LogP contribution in [0.3, 0.4) is 0 Å². The molecule has 0 unspecified atom stereocenters. The Kier molecular flexibility index (Phi) is 4.80. The van der Waals surface area contributed by atoms with Gasteiger partial charge in [0.25, 0.3) is 0 Å². The Morgan fingerprint density at radius 3 is 2.91 bits per heavy atom. The summed E-state index contributed by atoms with van der Waals surface area (Å²) in [5.41, 5.74) is 2.09. The van der Waals surface area contributed by atoms with Gasteiger partial charge in [-0.15, -0.1) is 11.3 Å². The molecule has 0 saturated heterocycles. The lowest BCUT2D eigenvalue weighted by atomic mass is 10.0. The second kappa shape index (κ2) is 6.83. The fraction of sp³-hybridized carbons (Fsp3) is 0.588. The summed E-state index contributed by atoms with van der Waals surface area (Å²) < 4.78 is 5.61. The number of carboxylic acid groups (broad SMARTS) is 1. The van der Waals surface area contributed by atoms with Crippen LogP contribution >= 0.6 is 11.3 Å². The maximum atomic E-state index is 10.7. The maximum absolute atomic E-state index is 10.7. The Bertz CT molecular complexity index is 686. The standard InChI is InChI=1S/C17H22N2O3S/c1-10(2)8-12-9-18-17(23-12)16-15(11-6-7-11)13(19-22-16)4-3-5-14(20)21/h9-11H,3-8H2,1-2H3,(H,20,21). The number of hydrogen-bond acceptors (Lipinski definition) is 5. The van der Waals surface area contributed by atoms with Crippen LogP contribution in [0.4, 0.5) is 0 Å². The Labute approximate surface area is 139 Å². The van der Waals surface area contributed by atoms with Crippen molar-refractivity contribution in [2.75, 3.05) is 0 Å². The predicted octanol–water partition coefficient (Wildman–Crippen LogP) is 4.28. The van der Waals surface area contributed by atoms with Crippen molar-refractivity contribution >= 4 is 17.3 Å². The molecule has 5 nitrogen and oxygen atoms in total. The molecule has 6 heteroatoms. The molecule has 2 aromatic rings. The summed E-state index contributed by atoms with van der Waals surface area (Å²) in [6, 6.07) is 0. The van der Waals surface area contributed by atoms with Crippen molar-refractivity contribution in [1.29, 1.82) is 0 Å². The molecule has 0 aliphatic heterocycles. The van der Waals surface area contributed by atoms with Crippen LogP contribution in [0, 0.1) is 5.92 Å². The summed E-state index contributed by atoms with van der Waals surface area (Å²) in [7, 11) is 0. The van der Waals surface area contributed by atoms with Gasteiger partial charge in [-0.2, -0.15) is 0 Å². The van der Waals surface area contributed by atoms with E-state index in [0.29, 0.717) is 24.7 Å². The van der Waals surface area contributed by atoms with E-state index in [9.17, 15) is 4.79 Å². The van der Waals surface area contributed by atoms with Crippen LogP contribution in [-0.2, 0) is 17.6 Å². The second-order valence-corrected chi connectivity index (χ2v) is 7.74. The minimum Gasteiger partial charge on any atom is -0.481 e. The van der Waals surface area contributed by atoms with Crippen LogP contribution in [0.2, 0.25) is 0 Å². The first-order valence-electron chi connectivity index (χ1n) is 8.20. The lowest BCUT2D eigenvalue weighted by Crippen LogP contribution is -1.98. The van der Waals surface area contributed by atoms with Crippen LogP contribution < -0.4 is 0 Å². The van der Waals surface area contributed by atoms with Crippen LogP contribution in [0.15, 0.2) is 10.7 Å². The molecule has 0 bridgehead atoms. The van der Waals surface area contributed by atoms with Crippen molar-refractivity contribution in [2.24, 2.45) is 5.92 Å². The molecule has 0 atom stereocenters. The molecule has 23 heavy (non-hydrogen) atoms. The van der Waals surface area contributed by atoms with Gasteiger partial charge in [0.1, 0.15) is 0 Å². The van der Waals surface area contributed by atoms with Gasteiger partial charge in [0, 0.05) is 23.1 Å². The molecule has 0 radical (unpaired) electrons. The first kappa shape index (κ1) is 16.2. The smallest absolute Gasteiger partial charge is 0.303 e. The summed E-state index contributed by atoms with van der Waals surface area (Å²) in [6.07, 6.45) is 6.69. The summed E-state index contributed by atoms with van der Waals surface area (Å²) >= 11 is 1.68. The minimum absolute atomic E-state index is 0.169. The van der Waals surface area contributed by atoms with E-state index in [0.717, 1.165) is 35.7 Å². The normalized spacial score (nSPS) is 14.6. The fourth-order valence-electron chi connectivity index (χ4n) is 2.77. The number of nitrogens with zero attached hydrogens (tertiary/aromatic N) is 2. The topological polar surface area (TPSA) is 76.2 Å². The van der Waals surface area contributed by atoms with Gasteiger partial charge in [-0.05, 0) is 43.9 Å². The molecule has 2 heterocycles. The monoisotopic (exact) mass is 334 g/mol. The number of thiazole rings is 1. The van der Waals surface area contributed by atoms with Crippen molar-refractivity contribution in [2.45, 2.75) is 58.3 Å². The Hall–Kier alpha value is -1.69. The van der Waals surface area contributed by atoms with Gasteiger partial charge in [-0.1, -0.05) is 19.0 Å². The molecular weight excluding hydrogens is 312 g/mol. The van der Waals surface area contributed by atoms with Crippen LogP contribution in [0.1, 0.15) is 61.6 Å². The first-order chi connectivity index (χ1) is 11.0. The fourth-order valence-corrected chi connectivity index (χ4v) is 3.89. The molecule has 3 rings (SSSR count). The third-order valence-corrected chi connectivity index (χ3v) is 4.97. The molecule has 1 aliphatic carbocycles. The molecule has 1 saturated carbocycles. The lowest BCUT2D eigenvalue weighted by molar-refractivity contribution is -0.137. The molecule has 1 N–H and O–H groups in total. The largest absolute Gasteiger partial charge is 0.481 e. The summed E-state index contributed by atoms with van der Waals surface area (Å²) in [4.78, 5) is 16.5.